The molecule has 0 saturated carbocycles. The van der Waals surface area contributed by atoms with Gasteiger partial charge >= 0.3 is 0 Å². The van der Waals surface area contributed by atoms with Gasteiger partial charge in [0.05, 0.1) is 6.57 Å². The number of hydrogen-bond donors (Lipinski definition) is 0. The molecule has 1 aromatic heterocycles. The fourth-order valence-corrected chi connectivity index (χ4v) is 3.04. The van der Waals surface area contributed by atoms with Crippen LogP contribution in [0.5, 0.6) is 0 Å². The summed E-state index contributed by atoms with van der Waals surface area (Å²) in [6.45, 7) is 9.14. The topological polar surface area (TPSA) is 4.36 Å². The lowest BCUT2D eigenvalue weighted by Crippen LogP contribution is -1.97. The fraction of sp³-hybridized carbons (Fsp3) is 0.500. The Morgan fingerprint density at radius 1 is 1.33 bits per heavy atom. The third-order valence-electron chi connectivity index (χ3n) is 2.42. The SMILES string of the molecule is [C-]#[N+]c1c(C)sc2c1CCCC2. The van der Waals surface area contributed by atoms with E-state index in [1.54, 1.807) is 0 Å². The highest BCUT2D eigenvalue weighted by Crippen LogP contribution is 2.39. The first-order valence-electron chi connectivity index (χ1n) is 4.31. The quantitative estimate of drug-likeness (QED) is 0.534. The van der Waals surface area contributed by atoms with Crippen molar-refractivity contribution in [3.05, 3.63) is 26.7 Å². The standard InChI is InChI=1S/C10H11NS/c1-7-10(11-2)8-5-3-4-6-9(8)12-7/h3-6H2,1H3. The summed E-state index contributed by atoms with van der Waals surface area (Å²) in [5.41, 5.74) is 2.31. The highest BCUT2D eigenvalue weighted by Gasteiger charge is 2.17. The highest BCUT2D eigenvalue weighted by molar-refractivity contribution is 7.12. The third-order valence-corrected chi connectivity index (χ3v) is 3.62. The molecular formula is C10H11NS. The van der Waals surface area contributed by atoms with Crippen molar-refractivity contribution in [1.82, 2.24) is 0 Å². The maximum Gasteiger partial charge on any atom is 0.203 e. The number of rotatable bonds is 0. The van der Waals surface area contributed by atoms with Crippen molar-refractivity contribution in [1.29, 1.82) is 0 Å². The van der Waals surface area contributed by atoms with E-state index in [4.69, 9.17) is 6.57 Å². The van der Waals surface area contributed by atoms with Crippen LogP contribution in [-0.2, 0) is 12.8 Å². The molecule has 0 radical (unpaired) electrons. The van der Waals surface area contributed by atoms with Crippen LogP contribution in [0.25, 0.3) is 4.85 Å². The summed E-state index contributed by atoms with van der Waals surface area (Å²) in [6, 6.07) is 0. The van der Waals surface area contributed by atoms with E-state index in [0.29, 0.717) is 0 Å². The summed E-state index contributed by atoms with van der Waals surface area (Å²) in [7, 11) is 0. The van der Waals surface area contributed by atoms with E-state index in [2.05, 4.69) is 11.8 Å². The van der Waals surface area contributed by atoms with E-state index in [-0.39, 0.29) is 0 Å². The zero-order valence-corrected chi connectivity index (χ0v) is 8.00. The molecule has 1 heterocycles. The van der Waals surface area contributed by atoms with Crippen LogP contribution >= 0.6 is 11.3 Å². The van der Waals surface area contributed by atoms with Crippen molar-refractivity contribution >= 4 is 17.0 Å². The van der Waals surface area contributed by atoms with Gasteiger partial charge in [0.15, 0.2) is 0 Å². The molecule has 0 amide bonds. The predicted octanol–water partition coefficient (Wildman–Crippen LogP) is 3.49. The normalized spacial score (nSPS) is 15.3. The van der Waals surface area contributed by atoms with Crippen molar-refractivity contribution in [2.24, 2.45) is 0 Å². The van der Waals surface area contributed by atoms with Gasteiger partial charge in [-0.2, -0.15) is 11.3 Å². The van der Waals surface area contributed by atoms with Crippen LogP contribution in [0.1, 0.15) is 28.2 Å². The van der Waals surface area contributed by atoms with E-state index < -0.39 is 0 Å². The van der Waals surface area contributed by atoms with Crippen LogP contribution in [0, 0.1) is 13.5 Å². The highest BCUT2D eigenvalue weighted by atomic mass is 32.1. The Kier molecular flexibility index (Phi) is 1.90. The smallest absolute Gasteiger partial charge is 0.203 e. The minimum absolute atomic E-state index is 0.953. The Morgan fingerprint density at radius 3 is 2.83 bits per heavy atom. The van der Waals surface area contributed by atoms with Crippen LogP contribution in [0.15, 0.2) is 0 Å². The first kappa shape index (κ1) is 7.82. The van der Waals surface area contributed by atoms with Crippen molar-refractivity contribution < 1.29 is 0 Å². The minimum Gasteiger partial charge on any atom is -0.237 e. The second kappa shape index (κ2) is 2.91. The fourth-order valence-electron chi connectivity index (χ4n) is 1.83. The summed E-state index contributed by atoms with van der Waals surface area (Å²) in [4.78, 5) is 6.30. The first-order chi connectivity index (χ1) is 5.83. The molecule has 0 aromatic carbocycles. The molecule has 0 spiro atoms. The summed E-state index contributed by atoms with van der Waals surface area (Å²) < 4.78 is 0. The minimum atomic E-state index is 0.953. The second-order valence-electron chi connectivity index (χ2n) is 3.23. The van der Waals surface area contributed by atoms with E-state index in [1.807, 2.05) is 11.3 Å². The van der Waals surface area contributed by atoms with Gasteiger partial charge in [-0.3, -0.25) is 0 Å². The zero-order chi connectivity index (χ0) is 8.55. The van der Waals surface area contributed by atoms with Gasteiger partial charge < -0.3 is 0 Å². The number of thiophene rings is 1. The van der Waals surface area contributed by atoms with E-state index in [1.165, 1.54) is 34.6 Å². The molecular weight excluding hydrogens is 166 g/mol. The Hall–Kier alpha value is -0.810. The monoisotopic (exact) mass is 177 g/mol. The van der Waals surface area contributed by atoms with E-state index in [0.717, 1.165) is 12.1 Å². The number of fused-ring (bicyclic) bond motifs is 1. The summed E-state index contributed by atoms with van der Waals surface area (Å²) in [6.07, 6.45) is 4.92. The van der Waals surface area contributed by atoms with Crippen LogP contribution in [-0.4, -0.2) is 0 Å². The molecule has 0 N–H and O–H groups in total. The molecule has 0 saturated heterocycles. The molecule has 0 unspecified atom stereocenters. The summed E-state index contributed by atoms with van der Waals surface area (Å²) >= 11 is 1.83. The number of nitrogens with zero attached hydrogens (tertiary/aromatic N) is 1. The average molecular weight is 177 g/mol. The Labute approximate surface area is 76.9 Å². The van der Waals surface area contributed by atoms with E-state index in [9.17, 15) is 0 Å². The van der Waals surface area contributed by atoms with Gasteiger partial charge in [-0.05, 0) is 36.6 Å². The van der Waals surface area contributed by atoms with Crippen LogP contribution in [0.2, 0.25) is 0 Å². The molecule has 0 bridgehead atoms. The molecule has 12 heavy (non-hydrogen) atoms. The average Bonchev–Trinajstić information content (AvgIpc) is 2.40. The molecule has 2 heteroatoms. The lowest BCUT2D eigenvalue weighted by atomic mass is 9.98. The first-order valence-corrected chi connectivity index (χ1v) is 5.13. The molecule has 2 rings (SSSR count). The van der Waals surface area contributed by atoms with Crippen molar-refractivity contribution in [2.75, 3.05) is 0 Å². The lowest BCUT2D eigenvalue weighted by Gasteiger charge is -2.10. The van der Waals surface area contributed by atoms with Crippen molar-refractivity contribution in [3.8, 4) is 0 Å². The van der Waals surface area contributed by atoms with Crippen molar-refractivity contribution in [3.63, 3.8) is 0 Å². The zero-order valence-electron chi connectivity index (χ0n) is 7.18. The summed E-state index contributed by atoms with van der Waals surface area (Å²) in [5.74, 6) is 0. The maximum absolute atomic E-state index is 7.07. The van der Waals surface area contributed by atoms with E-state index >= 15 is 0 Å². The molecule has 0 atom stereocenters. The molecule has 1 aromatic rings. The lowest BCUT2D eigenvalue weighted by molar-refractivity contribution is 0.699. The largest absolute Gasteiger partial charge is 0.237 e. The van der Waals surface area contributed by atoms with Crippen molar-refractivity contribution in [2.45, 2.75) is 32.6 Å². The third kappa shape index (κ3) is 1.05. The Morgan fingerprint density at radius 2 is 2.08 bits per heavy atom. The van der Waals surface area contributed by atoms with Crippen LogP contribution < -0.4 is 0 Å². The second-order valence-corrected chi connectivity index (χ2v) is 4.54. The number of aryl methyl sites for hydroxylation is 2. The van der Waals surface area contributed by atoms with Gasteiger partial charge in [0, 0.05) is 4.88 Å². The van der Waals surface area contributed by atoms with Gasteiger partial charge in [0.2, 0.25) is 5.69 Å². The van der Waals surface area contributed by atoms with Gasteiger partial charge in [-0.25, -0.2) is 4.85 Å². The van der Waals surface area contributed by atoms with Gasteiger partial charge in [-0.1, -0.05) is 6.42 Å². The maximum atomic E-state index is 7.07. The Balaban J connectivity index is 2.56. The predicted molar refractivity (Wildman–Crippen MR) is 52.0 cm³/mol. The Bertz CT molecular complexity index is 343. The molecule has 1 nitrogen and oxygen atoms in total. The van der Waals surface area contributed by atoms with Gasteiger partial charge in [-0.15, -0.1) is 0 Å². The molecule has 62 valence electrons. The molecule has 1 aliphatic carbocycles. The molecule has 0 aliphatic heterocycles. The molecule has 1 aliphatic rings. The summed E-state index contributed by atoms with van der Waals surface area (Å²) in [5, 5.41) is 0. The van der Waals surface area contributed by atoms with Crippen LogP contribution in [0.4, 0.5) is 5.69 Å². The molecule has 0 fully saturated rings. The number of hydrogen-bond acceptors (Lipinski definition) is 1. The van der Waals surface area contributed by atoms with Gasteiger partial charge in [0.25, 0.3) is 0 Å². The van der Waals surface area contributed by atoms with Gasteiger partial charge in [0.1, 0.15) is 0 Å². The van der Waals surface area contributed by atoms with Crippen LogP contribution in [0.3, 0.4) is 0 Å².